The molecule has 1 amide bonds. The zero-order valence-electron chi connectivity index (χ0n) is 22.3. The highest BCUT2D eigenvalue weighted by Gasteiger charge is 2.29. The van der Waals surface area contributed by atoms with Gasteiger partial charge in [0.15, 0.2) is 6.23 Å². The number of pyridine rings is 1. The van der Waals surface area contributed by atoms with E-state index in [1.807, 2.05) is 36.1 Å². The molecule has 2 saturated heterocycles. The molecule has 4 heterocycles. The molecular weight excluding hydrogens is 480 g/mol. The second-order valence-electron chi connectivity index (χ2n) is 10.5. The minimum Gasteiger partial charge on any atom is -0.488 e. The van der Waals surface area contributed by atoms with Crippen LogP contribution in [0.5, 0.6) is 5.75 Å². The number of anilines is 1. The Balaban J connectivity index is 1.56. The summed E-state index contributed by atoms with van der Waals surface area (Å²) in [5.74, 6) is 1.28. The maximum atomic E-state index is 12.6. The van der Waals surface area contributed by atoms with E-state index in [1.54, 1.807) is 12.3 Å². The molecule has 0 bridgehead atoms. The molecule has 2 aliphatic rings. The Morgan fingerprint density at radius 1 is 1.21 bits per heavy atom. The number of aryl methyl sites for hydroxylation is 1. The van der Waals surface area contributed by atoms with Crippen molar-refractivity contribution in [2.75, 3.05) is 38.5 Å². The third kappa shape index (κ3) is 5.68. The minimum atomic E-state index is -0.970. The summed E-state index contributed by atoms with van der Waals surface area (Å²) in [6.45, 7) is 8.85. The quantitative estimate of drug-likeness (QED) is 0.360. The first-order chi connectivity index (χ1) is 18.4. The lowest BCUT2D eigenvalue weighted by Crippen LogP contribution is -2.36. The number of amides is 1. The van der Waals surface area contributed by atoms with Crippen molar-refractivity contribution in [3.05, 3.63) is 60.4 Å². The Morgan fingerprint density at radius 2 is 2.03 bits per heavy atom. The van der Waals surface area contributed by atoms with Gasteiger partial charge in [0, 0.05) is 43.6 Å². The molecule has 1 aromatic carbocycles. The normalized spacial score (nSPS) is 20.2. The number of ether oxygens (including phenoxy) is 1. The highest BCUT2D eigenvalue weighted by Crippen LogP contribution is 2.37. The molecule has 0 radical (unpaired) electrons. The van der Waals surface area contributed by atoms with Crippen LogP contribution in [0.25, 0.3) is 11.0 Å². The average Bonchev–Trinajstić information content (AvgIpc) is 3.11. The number of nitrogens with zero attached hydrogens (tertiary/aromatic N) is 5. The van der Waals surface area contributed by atoms with Crippen molar-refractivity contribution in [3.8, 4) is 5.75 Å². The highest BCUT2D eigenvalue weighted by molar-refractivity contribution is 5.87. The molecule has 2 aliphatic heterocycles. The van der Waals surface area contributed by atoms with Crippen LogP contribution in [0.2, 0.25) is 0 Å². The molecule has 2 aromatic heterocycles. The number of hydrogen-bond acceptors (Lipinski definition) is 7. The Hall–Kier alpha value is -3.43. The number of aliphatic hydroxyl groups is 1. The van der Waals surface area contributed by atoms with E-state index < -0.39 is 6.23 Å². The van der Waals surface area contributed by atoms with Crippen LogP contribution in [0, 0.1) is 6.92 Å². The number of benzene rings is 1. The lowest BCUT2D eigenvalue weighted by atomic mass is 10.1. The summed E-state index contributed by atoms with van der Waals surface area (Å²) in [5, 5.41) is 14.4. The van der Waals surface area contributed by atoms with E-state index in [9.17, 15) is 9.90 Å². The van der Waals surface area contributed by atoms with Crippen LogP contribution in [0.15, 0.2) is 49.2 Å². The fourth-order valence-corrected chi connectivity index (χ4v) is 5.55. The smallest absolute Gasteiger partial charge is 0.246 e. The Labute approximate surface area is 224 Å². The Bertz CT molecular complexity index is 1280. The molecule has 1 unspecified atom stereocenters. The summed E-state index contributed by atoms with van der Waals surface area (Å²) >= 11 is 0. The first-order valence-corrected chi connectivity index (χ1v) is 13.6. The van der Waals surface area contributed by atoms with Crippen molar-refractivity contribution in [3.63, 3.8) is 0 Å². The number of aromatic nitrogens is 3. The van der Waals surface area contributed by atoms with Crippen LogP contribution in [-0.4, -0.2) is 74.7 Å². The van der Waals surface area contributed by atoms with Gasteiger partial charge in [-0.25, -0.2) is 4.98 Å². The summed E-state index contributed by atoms with van der Waals surface area (Å²) in [6.07, 6.45) is 6.98. The number of carbonyl (C=O) groups excluding carboxylic acids is 1. The van der Waals surface area contributed by atoms with Crippen LogP contribution < -0.4 is 10.1 Å². The van der Waals surface area contributed by atoms with Gasteiger partial charge >= 0.3 is 0 Å². The average molecular weight is 519 g/mol. The number of aliphatic hydroxyl groups excluding tert-OH is 1. The largest absolute Gasteiger partial charge is 0.488 e. The molecule has 0 spiro atoms. The van der Waals surface area contributed by atoms with Gasteiger partial charge < -0.3 is 29.5 Å². The van der Waals surface area contributed by atoms with E-state index in [0.717, 1.165) is 67.7 Å². The zero-order valence-corrected chi connectivity index (χ0v) is 22.3. The maximum absolute atomic E-state index is 12.6. The van der Waals surface area contributed by atoms with E-state index in [1.165, 1.54) is 6.08 Å². The molecule has 2 fully saturated rings. The minimum absolute atomic E-state index is 0.0393. The Kier molecular flexibility index (Phi) is 7.95. The van der Waals surface area contributed by atoms with Gasteiger partial charge in [0.05, 0.1) is 11.6 Å². The maximum Gasteiger partial charge on any atom is 0.246 e. The van der Waals surface area contributed by atoms with Gasteiger partial charge in [0.1, 0.15) is 17.4 Å². The van der Waals surface area contributed by atoms with Gasteiger partial charge in [0.25, 0.3) is 0 Å². The number of nitrogens with one attached hydrogen (secondary N) is 1. The van der Waals surface area contributed by atoms with Crippen LogP contribution in [0.3, 0.4) is 0 Å². The molecule has 2 atom stereocenters. The van der Waals surface area contributed by atoms with Gasteiger partial charge in [-0.2, -0.15) is 0 Å². The fourth-order valence-electron chi connectivity index (χ4n) is 5.55. The third-order valence-corrected chi connectivity index (χ3v) is 7.63. The zero-order chi connectivity index (χ0) is 26.6. The predicted octanol–water partition coefficient (Wildman–Crippen LogP) is 4.06. The summed E-state index contributed by atoms with van der Waals surface area (Å²) < 4.78 is 8.76. The van der Waals surface area contributed by atoms with Gasteiger partial charge in [-0.15, -0.1) is 0 Å². The number of hydrogen-bond donors (Lipinski definition) is 2. The molecule has 9 heteroatoms. The standard InChI is InChI=1S/C29H38N6O3/c1-4-26(36)34-15-6-5-8-22(19-34)35-27-24(9-7-10-25(27)38-23-12-16-33(3)17-13-23)31-29(35)32-28(37)21-11-14-30-20(2)18-21/h4,7,9-11,14,18,22-23,28,37H,1,5-6,8,12-13,15-17,19H2,2-3H3,(H,31,32)/t22-,28?/m1/s1. The van der Waals surface area contributed by atoms with Crippen LogP contribution in [-0.2, 0) is 4.79 Å². The predicted molar refractivity (Wildman–Crippen MR) is 148 cm³/mol. The van der Waals surface area contributed by atoms with Crippen molar-refractivity contribution >= 4 is 22.9 Å². The molecule has 2 N–H and O–H groups in total. The number of carbonyl (C=O) groups is 1. The number of rotatable bonds is 7. The van der Waals surface area contributed by atoms with Gasteiger partial charge in [-0.05, 0) is 76.4 Å². The number of fused-ring (bicyclic) bond motifs is 1. The molecule has 38 heavy (non-hydrogen) atoms. The second-order valence-corrected chi connectivity index (χ2v) is 10.5. The van der Waals surface area contributed by atoms with Gasteiger partial charge in [0.2, 0.25) is 11.9 Å². The van der Waals surface area contributed by atoms with E-state index >= 15 is 0 Å². The van der Waals surface area contributed by atoms with Gasteiger partial charge in [-0.1, -0.05) is 12.6 Å². The molecular formula is C29H38N6O3. The molecule has 0 saturated carbocycles. The molecule has 5 rings (SSSR count). The van der Waals surface area contributed by atoms with Crippen LogP contribution in [0.1, 0.15) is 55.6 Å². The molecule has 3 aromatic rings. The molecule has 9 nitrogen and oxygen atoms in total. The number of para-hydroxylation sites is 1. The van der Waals surface area contributed by atoms with Crippen molar-refractivity contribution in [2.24, 2.45) is 0 Å². The SMILES string of the molecule is C=CC(=O)N1CCCC[C@@H](n2c(NC(O)c3ccnc(C)c3)nc3cccc(OC4CCN(C)CC4)c32)C1. The first-order valence-electron chi connectivity index (χ1n) is 13.6. The van der Waals surface area contributed by atoms with Crippen LogP contribution in [0.4, 0.5) is 5.95 Å². The third-order valence-electron chi connectivity index (χ3n) is 7.63. The number of piperidine rings is 1. The lowest BCUT2D eigenvalue weighted by Gasteiger charge is -2.30. The van der Waals surface area contributed by atoms with Crippen LogP contribution >= 0.6 is 0 Å². The topological polar surface area (TPSA) is 95.8 Å². The van der Waals surface area contributed by atoms with E-state index in [0.29, 0.717) is 24.6 Å². The summed E-state index contributed by atoms with van der Waals surface area (Å²) in [7, 11) is 2.14. The highest BCUT2D eigenvalue weighted by atomic mass is 16.5. The van der Waals surface area contributed by atoms with Gasteiger partial charge in [-0.3, -0.25) is 9.78 Å². The van der Waals surface area contributed by atoms with E-state index in [-0.39, 0.29) is 18.1 Å². The monoisotopic (exact) mass is 518 g/mol. The Morgan fingerprint density at radius 3 is 2.79 bits per heavy atom. The number of likely N-dealkylation sites (tertiary alicyclic amines) is 2. The number of imidazole rings is 1. The van der Waals surface area contributed by atoms with Crippen molar-refractivity contribution < 1.29 is 14.6 Å². The molecule has 0 aliphatic carbocycles. The van der Waals surface area contributed by atoms with Crippen molar-refractivity contribution in [1.29, 1.82) is 0 Å². The second kappa shape index (κ2) is 11.5. The fraction of sp³-hybridized carbons (Fsp3) is 0.483. The lowest BCUT2D eigenvalue weighted by molar-refractivity contribution is -0.126. The summed E-state index contributed by atoms with van der Waals surface area (Å²) in [5.41, 5.74) is 3.23. The van der Waals surface area contributed by atoms with E-state index in [2.05, 4.69) is 33.4 Å². The summed E-state index contributed by atoms with van der Waals surface area (Å²) in [4.78, 5) is 26.0. The molecule has 202 valence electrons. The van der Waals surface area contributed by atoms with Crippen molar-refractivity contribution in [1.82, 2.24) is 24.3 Å². The summed E-state index contributed by atoms with van der Waals surface area (Å²) in [6, 6.07) is 9.57. The van der Waals surface area contributed by atoms with Crippen molar-refractivity contribution in [2.45, 2.75) is 57.4 Å². The van der Waals surface area contributed by atoms with E-state index in [4.69, 9.17) is 9.72 Å². The first kappa shape index (κ1) is 26.2.